The molecule has 0 radical (unpaired) electrons. The van der Waals surface area contributed by atoms with Crippen molar-refractivity contribution in [2.24, 2.45) is 5.73 Å². The Kier molecular flexibility index (Phi) is 7.58. The molecule has 1 aromatic heterocycles. The Hall–Kier alpha value is -1.86. The van der Waals surface area contributed by atoms with Crippen LogP contribution in [0.5, 0.6) is 0 Å². The summed E-state index contributed by atoms with van der Waals surface area (Å²) >= 11 is 14.2. The highest BCUT2D eigenvalue weighted by molar-refractivity contribution is 7.18. The van der Waals surface area contributed by atoms with Gasteiger partial charge in [0.2, 0.25) is 0 Å². The molecular formula is C22H24Cl2FN3OS. The summed E-state index contributed by atoms with van der Waals surface area (Å²) in [5.74, 6) is -0.578. The van der Waals surface area contributed by atoms with E-state index in [0.717, 1.165) is 29.8 Å². The van der Waals surface area contributed by atoms with Crippen molar-refractivity contribution in [3.05, 3.63) is 73.2 Å². The van der Waals surface area contributed by atoms with Gasteiger partial charge in [-0.3, -0.25) is 4.79 Å². The first kappa shape index (κ1) is 22.8. The Bertz CT molecular complexity index is 1000. The summed E-state index contributed by atoms with van der Waals surface area (Å²) in [6.45, 7) is 3.09. The Morgan fingerprint density at radius 3 is 2.77 bits per heavy atom. The maximum atomic E-state index is 13.4. The molecule has 3 rings (SSSR count). The molecule has 2 aromatic rings. The van der Waals surface area contributed by atoms with Crippen LogP contribution in [0, 0.1) is 5.82 Å². The van der Waals surface area contributed by atoms with Gasteiger partial charge >= 0.3 is 0 Å². The Morgan fingerprint density at radius 2 is 2.13 bits per heavy atom. The molecule has 160 valence electrons. The summed E-state index contributed by atoms with van der Waals surface area (Å²) in [5, 5.41) is 3.53. The van der Waals surface area contributed by atoms with Crippen LogP contribution in [0.25, 0.3) is 5.70 Å². The normalized spacial score (nSPS) is 15.3. The third-order valence-corrected chi connectivity index (χ3v) is 6.64. The standard InChI is InChI=1S/C22H24Cl2FN3OS/c1-3-13-9-18(23)20(28(2)12-13)17-10-19(30-21(17)24)22(29)27-16(11-26)8-14-5-4-6-15(25)7-14/h4-7,9-10,16H,3,8,11-12,26H2,1-2H3,(H,27,29)/t16-/m0/s1. The molecule has 0 unspecified atom stereocenters. The van der Waals surface area contributed by atoms with E-state index in [1.54, 1.807) is 12.1 Å². The average molecular weight is 468 g/mol. The molecule has 2 heterocycles. The van der Waals surface area contributed by atoms with E-state index in [-0.39, 0.29) is 24.3 Å². The van der Waals surface area contributed by atoms with Gasteiger partial charge in [-0.2, -0.15) is 0 Å². The van der Waals surface area contributed by atoms with Crippen LogP contribution in [0.4, 0.5) is 4.39 Å². The highest BCUT2D eigenvalue weighted by atomic mass is 35.5. The second kappa shape index (κ2) is 9.96. The molecule has 1 aliphatic rings. The van der Waals surface area contributed by atoms with E-state index in [1.807, 2.05) is 24.1 Å². The van der Waals surface area contributed by atoms with Crippen LogP contribution in [0.15, 0.2) is 47.0 Å². The molecule has 0 saturated carbocycles. The summed E-state index contributed by atoms with van der Waals surface area (Å²) in [7, 11) is 1.96. The minimum Gasteiger partial charge on any atom is -0.369 e. The van der Waals surface area contributed by atoms with Crippen molar-refractivity contribution in [2.45, 2.75) is 25.8 Å². The van der Waals surface area contributed by atoms with E-state index in [1.165, 1.54) is 29.0 Å². The fourth-order valence-electron chi connectivity index (χ4n) is 3.45. The van der Waals surface area contributed by atoms with Gasteiger partial charge < -0.3 is 16.0 Å². The Morgan fingerprint density at radius 1 is 1.37 bits per heavy atom. The Balaban J connectivity index is 1.78. The third-order valence-electron chi connectivity index (χ3n) is 4.99. The lowest BCUT2D eigenvalue weighted by Gasteiger charge is -2.28. The molecule has 30 heavy (non-hydrogen) atoms. The predicted molar refractivity (Wildman–Crippen MR) is 124 cm³/mol. The number of allylic oxidation sites excluding steroid dienone is 2. The molecule has 8 heteroatoms. The second-order valence-electron chi connectivity index (χ2n) is 7.25. The van der Waals surface area contributed by atoms with Gasteiger partial charge in [0.1, 0.15) is 10.2 Å². The van der Waals surface area contributed by atoms with Crippen molar-refractivity contribution in [3.63, 3.8) is 0 Å². The maximum absolute atomic E-state index is 13.4. The average Bonchev–Trinajstić information content (AvgIpc) is 3.08. The number of rotatable bonds is 7. The van der Waals surface area contributed by atoms with Crippen LogP contribution in [-0.2, 0) is 6.42 Å². The van der Waals surface area contributed by atoms with Gasteiger partial charge in [0.05, 0.1) is 15.6 Å². The zero-order valence-electron chi connectivity index (χ0n) is 16.8. The van der Waals surface area contributed by atoms with Gasteiger partial charge in [0.25, 0.3) is 5.91 Å². The highest BCUT2D eigenvalue weighted by Crippen LogP contribution is 2.39. The van der Waals surface area contributed by atoms with Crippen molar-refractivity contribution >= 4 is 46.1 Å². The summed E-state index contributed by atoms with van der Waals surface area (Å²) in [6.07, 6.45) is 3.33. The maximum Gasteiger partial charge on any atom is 0.261 e. The number of hydrogen-bond donors (Lipinski definition) is 2. The zero-order chi connectivity index (χ0) is 21.8. The zero-order valence-corrected chi connectivity index (χ0v) is 19.2. The van der Waals surface area contributed by atoms with Crippen molar-refractivity contribution in [1.29, 1.82) is 0 Å². The number of hydrogen-bond acceptors (Lipinski definition) is 4. The summed E-state index contributed by atoms with van der Waals surface area (Å²) in [4.78, 5) is 15.3. The number of carbonyl (C=O) groups is 1. The quantitative estimate of drug-likeness (QED) is 0.600. The first-order valence-electron chi connectivity index (χ1n) is 9.67. The third kappa shape index (κ3) is 5.24. The number of halogens is 3. The van der Waals surface area contributed by atoms with Crippen molar-refractivity contribution in [2.75, 3.05) is 20.1 Å². The van der Waals surface area contributed by atoms with Crippen molar-refractivity contribution in [1.82, 2.24) is 10.2 Å². The molecule has 1 amide bonds. The van der Waals surface area contributed by atoms with Crippen molar-refractivity contribution < 1.29 is 9.18 Å². The van der Waals surface area contributed by atoms with Crippen LogP contribution >= 0.6 is 34.5 Å². The molecule has 0 bridgehead atoms. The lowest BCUT2D eigenvalue weighted by molar-refractivity contribution is 0.0942. The molecule has 3 N–H and O–H groups in total. The first-order valence-corrected chi connectivity index (χ1v) is 11.2. The number of amides is 1. The summed E-state index contributed by atoms with van der Waals surface area (Å²) in [5.41, 5.74) is 9.38. The SMILES string of the molecule is CCC1=CC(Cl)=C(c2cc(C(=O)N[C@H](CN)Cc3cccc(F)c3)sc2Cl)N(C)C1. The topological polar surface area (TPSA) is 58.4 Å². The molecule has 0 fully saturated rings. The van der Waals surface area contributed by atoms with Gasteiger partial charge in [-0.1, -0.05) is 42.3 Å². The predicted octanol–water partition coefficient (Wildman–Crippen LogP) is 5.03. The highest BCUT2D eigenvalue weighted by Gasteiger charge is 2.24. The molecule has 1 atom stereocenters. The summed E-state index contributed by atoms with van der Waals surface area (Å²) in [6, 6.07) is 7.72. The number of nitrogens with one attached hydrogen (secondary N) is 1. The molecule has 0 spiro atoms. The molecule has 0 aliphatic carbocycles. The van der Waals surface area contributed by atoms with Crippen LogP contribution in [-0.4, -0.2) is 37.0 Å². The molecule has 0 saturated heterocycles. The van der Waals surface area contributed by atoms with E-state index in [0.29, 0.717) is 20.7 Å². The largest absolute Gasteiger partial charge is 0.369 e. The van der Waals surface area contributed by atoms with Gasteiger partial charge in [-0.05, 0) is 48.3 Å². The number of carbonyl (C=O) groups excluding carboxylic acids is 1. The van der Waals surface area contributed by atoms with Gasteiger partial charge in [-0.15, -0.1) is 11.3 Å². The molecule has 1 aliphatic heterocycles. The molecule has 1 aromatic carbocycles. The second-order valence-corrected chi connectivity index (χ2v) is 9.31. The lowest BCUT2D eigenvalue weighted by Crippen LogP contribution is -2.41. The van der Waals surface area contributed by atoms with E-state index < -0.39 is 0 Å². The van der Waals surface area contributed by atoms with Gasteiger partial charge in [-0.25, -0.2) is 4.39 Å². The van der Waals surface area contributed by atoms with E-state index in [2.05, 4.69) is 12.2 Å². The van der Waals surface area contributed by atoms with E-state index in [4.69, 9.17) is 28.9 Å². The number of benzene rings is 1. The number of nitrogens with two attached hydrogens (primary N) is 1. The summed E-state index contributed by atoms with van der Waals surface area (Å²) < 4.78 is 13.9. The van der Waals surface area contributed by atoms with Gasteiger partial charge in [0, 0.05) is 31.7 Å². The monoisotopic (exact) mass is 467 g/mol. The Labute approximate surface area is 190 Å². The molecular weight excluding hydrogens is 444 g/mol. The van der Waals surface area contributed by atoms with Crippen LogP contribution < -0.4 is 11.1 Å². The molecule has 4 nitrogen and oxygen atoms in total. The van der Waals surface area contributed by atoms with Crippen LogP contribution in [0.1, 0.15) is 34.1 Å². The van der Waals surface area contributed by atoms with Gasteiger partial charge in [0.15, 0.2) is 0 Å². The minimum atomic E-state index is -0.321. The fraction of sp³-hybridized carbons (Fsp3) is 0.318. The lowest BCUT2D eigenvalue weighted by atomic mass is 10.0. The number of nitrogens with zero attached hydrogens (tertiary/aromatic N) is 1. The van der Waals surface area contributed by atoms with E-state index >= 15 is 0 Å². The first-order chi connectivity index (χ1) is 14.3. The van der Waals surface area contributed by atoms with Crippen LogP contribution in [0.2, 0.25) is 4.34 Å². The van der Waals surface area contributed by atoms with Crippen LogP contribution in [0.3, 0.4) is 0 Å². The number of likely N-dealkylation sites (N-methyl/N-ethyl adjacent to an activating group) is 1. The fourth-order valence-corrected chi connectivity index (χ4v) is 5.03. The van der Waals surface area contributed by atoms with E-state index in [9.17, 15) is 9.18 Å². The van der Waals surface area contributed by atoms with Crippen molar-refractivity contribution in [3.8, 4) is 0 Å². The minimum absolute atomic E-state index is 0.235. The number of thiophene rings is 1. The smallest absolute Gasteiger partial charge is 0.261 e.